The van der Waals surface area contributed by atoms with E-state index in [0.29, 0.717) is 28.9 Å². The van der Waals surface area contributed by atoms with E-state index in [1.807, 2.05) is 6.07 Å². The number of aromatic nitrogens is 2. The van der Waals surface area contributed by atoms with Gasteiger partial charge in [-0.25, -0.2) is 9.97 Å². The Balaban J connectivity index is 1.41. The molecule has 0 aliphatic carbocycles. The molecule has 8 heteroatoms. The minimum absolute atomic E-state index is 0.385. The molecule has 1 aliphatic heterocycles. The molecule has 0 bridgehead atoms. The number of anilines is 4. The van der Waals surface area contributed by atoms with Gasteiger partial charge in [-0.15, -0.1) is 0 Å². The number of nitrogens with one attached hydrogen (secondary N) is 1. The quantitative estimate of drug-likeness (QED) is 0.580. The van der Waals surface area contributed by atoms with Crippen LogP contribution in [-0.4, -0.2) is 23.1 Å². The zero-order chi connectivity index (χ0) is 21.8. The fraction of sp³-hybridized carbons (Fsp3) is 0.304. The van der Waals surface area contributed by atoms with E-state index in [9.17, 15) is 13.2 Å². The first-order chi connectivity index (χ1) is 14.9. The summed E-state index contributed by atoms with van der Waals surface area (Å²) in [5, 5.41) is 3.00. The summed E-state index contributed by atoms with van der Waals surface area (Å²) < 4.78 is 38.3. The highest BCUT2D eigenvalue weighted by Crippen LogP contribution is 2.33. The maximum absolute atomic E-state index is 12.8. The Morgan fingerprint density at radius 2 is 1.65 bits per heavy atom. The Hall–Kier alpha value is -3.29. The molecular formula is C23H24F3N5. The summed E-state index contributed by atoms with van der Waals surface area (Å²) in [7, 11) is 0. The molecule has 1 aliphatic rings. The number of hydrogen-bond acceptors (Lipinski definition) is 5. The van der Waals surface area contributed by atoms with Crippen molar-refractivity contribution >= 4 is 23.0 Å². The van der Waals surface area contributed by atoms with Crippen LogP contribution in [0.1, 0.15) is 24.0 Å². The fourth-order valence-corrected chi connectivity index (χ4v) is 3.91. The third kappa shape index (κ3) is 5.07. The van der Waals surface area contributed by atoms with Crippen LogP contribution in [0.5, 0.6) is 0 Å². The summed E-state index contributed by atoms with van der Waals surface area (Å²) >= 11 is 0. The van der Waals surface area contributed by atoms with Crippen LogP contribution >= 0.6 is 0 Å². The van der Waals surface area contributed by atoms with E-state index < -0.39 is 11.7 Å². The number of nitrogens with zero attached hydrogens (tertiary/aromatic N) is 3. The zero-order valence-electron chi connectivity index (χ0n) is 16.9. The van der Waals surface area contributed by atoms with Gasteiger partial charge in [-0.2, -0.15) is 13.2 Å². The van der Waals surface area contributed by atoms with Crippen LogP contribution in [-0.2, 0) is 12.6 Å². The van der Waals surface area contributed by atoms with Crippen LogP contribution in [0.15, 0.2) is 60.9 Å². The smallest absolute Gasteiger partial charge is 0.393 e. The molecule has 1 saturated heterocycles. The Morgan fingerprint density at radius 1 is 0.968 bits per heavy atom. The summed E-state index contributed by atoms with van der Waals surface area (Å²) in [4.78, 5) is 10.7. The molecule has 0 saturated carbocycles. The lowest BCUT2D eigenvalue weighted by molar-refractivity contribution is -0.137. The van der Waals surface area contributed by atoms with Crippen molar-refractivity contribution in [3.05, 3.63) is 72.1 Å². The summed E-state index contributed by atoms with van der Waals surface area (Å²) in [5.41, 5.74) is 7.83. The molecule has 0 amide bonds. The van der Waals surface area contributed by atoms with E-state index in [-0.39, 0.29) is 0 Å². The Morgan fingerprint density at radius 3 is 2.29 bits per heavy atom. The minimum atomic E-state index is -4.37. The molecule has 5 nitrogen and oxygen atoms in total. The SMILES string of the molecule is Nc1c(Nc2ccc(C(F)(F)F)cc2)ncnc1N1CCC(Cc2ccccc2)CC1. The van der Waals surface area contributed by atoms with Crippen LogP contribution in [0.25, 0.3) is 0 Å². The summed E-state index contributed by atoms with van der Waals surface area (Å²) in [6, 6.07) is 15.3. The Bertz CT molecular complexity index is 998. The maximum Gasteiger partial charge on any atom is 0.416 e. The molecule has 0 unspecified atom stereocenters. The molecule has 0 spiro atoms. The van der Waals surface area contributed by atoms with Crippen molar-refractivity contribution in [2.45, 2.75) is 25.4 Å². The van der Waals surface area contributed by atoms with E-state index >= 15 is 0 Å². The summed E-state index contributed by atoms with van der Waals surface area (Å²) in [6.45, 7) is 1.69. The van der Waals surface area contributed by atoms with Gasteiger partial charge in [0, 0.05) is 18.8 Å². The van der Waals surface area contributed by atoms with Gasteiger partial charge in [0.25, 0.3) is 0 Å². The first-order valence-corrected chi connectivity index (χ1v) is 10.2. The van der Waals surface area contributed by atoms with Crippen molar-refractivity contribution in [1.29, 1.82) is 0 Å². The Kier molecular flexibility index (Phi) is 5.97. The van der Waals surface area contributed by atoms with E-state index in [4.69, 9.17) is 5.73 Å². The van der Waals surface area contributed by atoms with Crippen molar-refractivity contribution in [2.24, 2.45) is 5.92 Å². The van der Waals surface area contributed by atoms with Crippen molar-refractivity contribution < 1.29 is 13.2 Å². The summed E-state index contributed by atoms with van der Waals surface area (Å²) in [5.74, 6) is 1.66. The molecule has 1 fully saturated rings. The molecule has 3 aromatic rings. The van der Waals surface area contributed by atoms with Crippen molar-refractivity contribution in [1.82, 2.24) is 9.97 Å². The summed E-state index contributed by atoms with van der Waals surface area (Å²) in [6.07, 6.45) is 0.203. The highest BCUT2D eigenvalue weighted by Gasteiger charge is 2.30. The Labute approximate surface area is 179 Å². The lowest BCUT2D eigenvalue weighted by Gasteiger charge is -2.33. The first kappa shape index (κ1) is 21.0. The highest BCUT2D eigenvalue weighted by atomic mass is 19.4. The van der Waals surface area contributed by atoms with Crippen LogP contribution < -0.4 is 16.0 Å². The molecule has 0 radical (unpaired) electrons. The van der Waals surface area contributed by atoms with Crippen molar-refractivity contribution in [2.75, 3.05) is 29.0 Å². The van der Waals surface area contributed by atoms with E-state index in [0.717, 1.165) is 44.5 Å². The predicted octanol–water partition coefficient (Wildman–Crippen LogP) is 5.28. The van der Waals surface area contributed by atoms with Crippen LogP contribution in [0.2, 0.25) is 0 Å². The number of hydrogen-bond donors (Lipinski definition) is 2. The lowest BCUT2D eigenvalue weighted by Crippen LogP contribution is -2.35. The second-order valence-corrected chi connectivity index (χ2v) is 7.78. The van der Waals surface area contributed by atoms with Gasteiger partial charge in [0.2, 0.25) is 0 Å². The number of halogens is 3. The van der Waals surface area contributed by atoms with E-state index in [2.05, 4.69) is 44.5 Å². The standard InChI is InChI=1S/C23H24F3N5/c24-23(25,26)18-6-8-19(9-7-18)30-21-20(27)22(29-15-28-21)31-12-10-17(11-13-31)14-16-4-2-1-3-5-16/h1-9,15,17H,10-14,27H2,(H,28,29,30). The number of piperidine rings is 1. The fourth-order valence-electron chi connectivity index (χ4n) is 3.91. The van der Waals surface area contributed by atoms with Gasteiger partial charge in [0.15, 0.2) is 11.6 Å². The average molecular weight is 427 g/mol. The normalized spacial score (nSPS) is 15.1. The lowest BCUT2D eigenvalue weighted by atomic mass is 9.90. The van der Waals surface area contributed by atoms with Crippen LogP contribution in [0, 0.1) is 5.92 Å². The van der Waals surface area contributed by atoms with Gasteiger partial charge < -0.3 is 16.0 Å². The van der Waals surface area contributed by atoms with Gasteiger partial charge in [-0.1, -0.05) is 30.3 Å². The predicted molar refractivity (Wildman–Crippen MR) is 116 cm³/mol. The number of benzene rings is 2. The van der Waals surface area contributed by atoms with Gasteiger partial charge in [0.1, 0.15) is 12.0 Å². The molecule has 3 N–H and O–H groups in total. The zero-order valence-corrected chi connectivity index (χ0v) is 16.9. The molecule has 31 heavy (non-hydrogen) atoms. The van der Waals surface area contributed by atoms with Crippen molar-refractivity contribution in [3.63, 3.8) is 0 Å². The third-order valence-electron chi connectivity index (χ3n) is 5.62. The van der Waals surface area contributed by atoms with Gasteiger partial charge in [-0.05, 0) is 55.0 Å². The maximum atomic E-state index is 12.8. The van der Waals surface area contributed by atoms with Gasteiger partial charge >= 0.3 is 6.18 Å². The minimum Gasteiger partial charge on any atom is -0.393 e. The molecule has 1 aromatic heterocycles. The largest absolute Gasteiger partial charge is 0.416 e. The molecule has 4 rings (SSSR count). The monoisotopic (exact) mass is 427 g/mol. The third-order valence-corrected chi connectivity index (χ3v) is 5.62. The molecule has 162 valence electrons. The number of nitrogen functional groups attached to an aromatic ring is 1. The highest BCUT2D eigenvalue weighted by molar-refractivity contribution is 5.78. The van der Waals surface area contributed by atoms with Crippen LogP contribution in [0.3, 0.4) is 0 Å². The molecular weight excluding hydrogens is 403 g/mol. The first-order valence-electron chi connectivity index (χ1n) is 10.2. The number of rotatable bonds is 5. The molecule has 0 atom stereocenters. The van der Waals surface area contributed by atoms with Gasteiger partial charge in [-0.3, -0.25) is 0 Å². The topological polar surface area (TPSA) is 67.1 Å². The van der Waals surface area contributed by atoms with E-state index in [1.54, 1.807) is 0 Å². The van der Waals surface area contributed by atoms with E-state index in [1.165, 1.54) is 24.0 Å². The second kappa shape index (κ2) is 8.83. The van der Waals surface area contributed by atoms with Gasteiger partial charge in [0.05, 0.1) is 5.56 Å². The number of alkyl halides is 3. The molecule has 2 aromatic carbocycles. The second-order valence-electron chi connectivity index (χ2n) is 7.78. The molecule has 2 heterocycles. The van der Waals surface area contributed by atoms with Crippen LogP contribution in [0.4, 0.5) is 36.2 Å². The number of nitrogens with two attached hydrogens (primary N) is 1. The van der Waals surface area contributed by atoms with Crippen molar-refractivity contribution in [3.8, 4) is 0 Å². The average Bonchev–Trinajstić information content (AvgIpc) is 2.76.